The zero-order chi connectivity index (χ0) is 18.9. The van der Waals surface area contributed by atoms with E-state index in [2.05, 4.69) is 30.4 Å². The lowest BCUT2D eigenvalue weighted by atomic mass is 10.2. The lowest BCUT2D eigenvalue weighted by Gasteiger charge is -2.09. The molecule has 0 aliphatic heterocycles. The zero-order valence-corrected chi connectivity index (χ0v) is 14.9. The number of nitrogens with zero attached hydrogens (tertiary/aromatic N) is 6. The third-order valence-corrected chi connectivity index (χ3v) is 4.24. The van der Waals surface area contributed by atoms with Crippen molar-refractivity contribution in [2.75, 3.05) is 5.32 Å². The molecule has 1 N–H and O–H groups in total. The molecule has 0 spiro atoms. The highest BCUT2D eigenvalue weighted by Crippen LogP contribution is 2.28. The van der Waals surface area contributed by atoms with E-state index in [4.69, 9.17) is 4.74 Å². The van der Waals surface area contributed by atoms with Crippen molar-refractivity contribution in [2.24, 2.45) is 7.05 Å². The van der Waals surface area contributed by atoms with Gasteiger partial charge in [-0.05, 0) is 24.3 Å². The monoisotopic (exact) mass is 369 g/mol. The normalized spacial score (nSPS) is 11.0. The molecule has 3 heterocycles. The summed E-state index contributed by atoms with van der Waals surface area (Å²) >= 11 is 0. The summed E-state index contributed by atoms with van der Waals surface area (Å²) in [6.07, 6.45) is 5.12. The first-order valence-corrected chi connectivity index (χ1v) is 8.66. The minimum absolute atomic E-state index is 0.286. The van der Waals surface area contributed by atoms with Gasteiger partial charge in [-0.25, -0.2) is 15.0 Å². The molecule has 8 heteroatoms. The number of hydrogen-bond donors (Lipinski definition) is 1. The SMILES string of the molecule is Cn1ccc(Nc2ncnc3ccc(Oc4ncc5ccccc5n4)cc23)n1. The Kier molecular flexibility index (Phi) is 3.79. The van der Waals surface area contributed by atoms with Gasteiger partial charge in [-0.1, -0.05) is 18.2 Å². The number of hydrogen-bond acceptors (Lipinski definition) is 7. The largest absolute Gasteiger partial charge is 0.424 e. The second kappa shape index (κ2) is 6.58. The molecule has 28 heavy (non-hydrogen) atoms. The highest BCUT2D eigenvalue weighted by atomic mass is 16.5. The molecular formula is C20H15N7O. The van der Waals surface area contributed by atoms with Crippen LogP contribution in [0.5, 0.6) is 11.8 Å². The van der Waals surface area contributed by atoms with Crippen molar-refractivity contribution in [2.45, 2.75) is 0 Å². The number of fused-ring (bicyclic) bond motifs is 2. The van der Waals surface area contributed by atoms with Crippen LogP contribution in [0.1, 0.15) is 0 Å². The summed E-state index contributed by atoms with van der Waals surface area (Å²) < 4.78 is 7.60. The number of aromatic nitrogens is 6. The van der Waals surface area contributed by atoms with E-state index in [1.165, 1.54) is 6.33 Å². The predicted molar refractivity (Wildman–Crippen MR) is 106 cm³/mol. The summed E-state index contributed by atoms with van der Waals surface area (Å²) in [6, 6.07) is 15.5. The molecule has 0 aliphatic carbocycles. The predicted octanol–water partition coefficient (Wildman–Crippen LogP) is 3.84. The number of nitrogens with one attached hydrogen (secondary N) is 1. The summed E-state index contributed by atoms with van der Waals surface area (Å²) in [5.41, 5.74) is 1.62. The van der Waals surface area contributed by atoms with Crippen molar-refractivity contribution in [3.05, 3.63) is 67.3 Å². The number of benzene rings is 2. The van der Waals surface area contributed by atoms with Crippen molar-refractivity contribution < 1.29 is 4.74 Å². The van der Waals surface area contributed by atoms with Gasteiger partial charge in [0.15, 0.2) is 5.82 Å². The Morgan fingerprint density at radius 3 is 2.79 bits per heavy atom. The summed E-state index contributed by atoms with van der Waals surface area (Å²) in [5.74, 6) is 1.95. The average molecular weight is 369 g/mol. The molecular weight excluding hydrogens is 354 g/mol. The maximum Gasteiger partial charge on any atom is 0.322 e. The molecule has 0 saturated carbocycles. The molecule has 5 aromatic rings. The van der Waals surface area contributed by atoms with Crippen molar-refractivity contribution >= 4 is 33.4 Å². The molecule has 0 bridgehead atoms. The minimum Gasteiger partial charge on any atom is -0.424 e. The van der Waals surface area contributed by atoms with Gasteiger partial charge in [-0.3, -0.25) is 4.68 Å². The Morgan fingerprint density at radius 2 is 1.89 bits per heavy atom. The van der Waals surface area contributed by atoms with Crippen LogP contribution < -0.4 is 10.1 Å². The third kappa shape index (κ3) is 3.07. The quantitative estimate of drug-likeness (QED) is 0.514. The molecule has 0 atom stereocenters. The standard InChI is InChI=1S/C20H15N7O/c1-27-9-8-18(26-27)25-19-15-10-14(6-7-17(15)22-12-23-19)28-20-21-11-13-4-2-3-5-16(13)24-20/h2-12H,1H3,(H,22,23,25,26). The van der Waals surface area contributed by atoms with Gasteiger partial charge in [-0.2, -0.15) is 10.1 Å². The van der Waals surface area contributed by atoms with Crippen LogP contribution in [0.2, 0.25) is 0 Å². The maximum atomic E-state index is 5.88. The molecule has 3 aromatic heterocycles. The first kappa shape index (κ1) is 16.1. The lowest BCUT2D eigenvalue weighted by molar-refractivity contribution is 0.445. The van der Waals surface area contributed by atoms with Crippen LogP contribution in [-0.2, 0) is 7.05 Å². The molecule has 0 saturated heterocycles. The van der Waals surface area contributed by atoms with Crippen molar-refractivity contribution in [3.63, 3.8) is 0 Å². The fourth-order valence-corrected chi connectivity index (χ4v) is 2.91. The summed E-state index contributed by atoms with van der Waals surface area (Å²) in [5, 5.41) is 9.31. The van der Waals surface area contributed by atoms with Gasteiger partial charge in [0.1, 0.15) is 17.9 Å². The molecule has 0 fully saturated rings. The van der Waals surface area contributed by atoms with Crippen LogP contribution in [0.25, 0.3) is 21.8 Å². The number of aryl methyl sites for hydroxylation is 1. The molecule has 0 unspecified atom stereocenters. The van der Waals surface area contributed by atoms with E-state index in [1.54, 1.807) is 10.9 Å². The maximum absolute atomic E-state index is 5.88. The van der Waals surface area contributed by atoms with E-state index in [1.807, 2.05) is 61.8 Å². The molecule has 0 amide bonds. The topological polar surface area (TPSA) is 90.6 Å². The van der Waals surface area contributed by atoms with Crippen LogP contribution in [0.15, 0.2) is 67.3 Å². The third-order valence-electron chi connectivity index (χ3n) is 4.24. The fraction of sp³-hybridized carbons (Fsp3) is 0.0500. The highest BCUT2D eigenvalue weighted by molar-refractivity contribution is 5.91. The van der Waals surface area contributed by atoms with E-state index >= 15 is 0 Å². The second-order valence-electron chi connectivity index (χ2n) is 6.21. The van der Waals surface area contributed by atoms with Gasteiger partial charge >= 0.3 is 6.01 Å². The molecule has 136 valence electrons. The molecule has 0 radical (unpaired) electrons. The molecule has 0 aliphatic rings. The van der Waals surface area contributed by atoms with Crippen LogP contribution in [0.3, 0.4) is 0 Å². The van der Waals surface area contributed by atoms with Crippen LogP contribution >= 0.6 is 0 Å². The lowest BCUT2D eigenvalue weighted by Crippen LogP contribution is -1.98. The molecule has 2 aromatic carbocycles. The van der Waals surface area contributed by atoms with E-state index in [9.17, 15) is 0 Å². The highest BCUT2D eigenvalue weighted by Gasteiger charge is 2.09. The van der Waals surface area contributed by atoms with E-state index < -0.39 is 0 Å². The summed E-state index contributed by atoms with van der Waals surface area (Å²) in [7, 11) is 1.86. The van der Waals surface area contributed by atoms with Gasteiger partial charge in [-0.15, -0.1) is 0 Å². The second-order valence-corrected chi connectivity index (χ2v) is 6.21. The van der Waals surface area contributed by atoms with Crippen molar-refractivity contribution in [3.8, 4) is 11.8 Å². The van der Waals surface area contributed by atoms with Crippen LogP contribution in [-0.4, -0.2) is 29.7 Å². The summed E-state index contributed by atoms with van der Waals surface area (Å²) in [4.78, 5) is 17.4. The Hall–Kier alpha value is -4.07. The van der Waals surface area contributed by atoms with Gasteiger partial charge in [0.05, 0.1) is 11.0 Å². The zero-order valence-electron chi connectivity index (χ0n) is 14.9. The Balaban J connectivity index is 1.50. The Bertz CT molecular complexity index is 1300. The fourth-order valence-electron chi connectivity index (χ4n) is 2.91. The smallest absolute Gasteiger partial charge is 0.322 e. The van der Waals surface area contributed by atoms with Crippen molar-refractivity contribution in [1.29, 1.82) is 0 Å². The number of rotatable bonds is 4. The van der Waals surface area contributed by atoms with Gasteiger partial charge in [0.2, 0.25) is 0 Å². The van der Waals surface area contributed by atoms with E-state index in [-0.39, 0.29) is 6.01 Å². The number of anilines is 2. The van der Waals surface area contributed by atoms with E-state index in [0.717, 1.165) is 21.8 Å². The number of para-hydroxylation sites is 1. The Labute approximate surface area is 159 Å². The van der Waals surface area contributed by atoms with Crippen molar-refractivity contribution in [1.82, 2.24) is 29.7 Å². The summed E-state index contributed by atoms with van der Waals surface area (Å²) in [6.45, 7) is 0. The number of ether oxygens (including phenoxy) is 1. The van der Waals surface area contributed by atoms with E-state index in [0.29, 0.717) is 17.4 Å². The minimum atomic E-state index is 0.286. The van der Waals surface area contributed by atoms with Gasteiger partial charge in [0, 0.05) is 36.3 Å². The van der Waals surface area contributed by atoms with Crippen LogP contribution in [0, 0.1) is 0 Å². The first-order chi connectivity index (χ1) is 13.7. The van der Waals surface area contributed by atoms with Crippen LogP contribution in [0.4, 0.5) is 11.6 Å². The Morgan fingerprint density at radius 1 is 0.964 bits per heavy atom. The van der Waals surface area contributed by atoms with Gasteiger partial charge in [0.25, 0.3) is 0 Å². The first-order valence-electron chi connectivity index (χ1n) is 8.66. The average Bonchev–Trinajstić information content (AvgIpc) is 3.13. The van der Waals surface area contributed by atoms with Gasteiger partial charge < -0.3 is 10.1 Å². The molecule has 5 rings (SSSR count). The molecule has 8 nitrogen and oxygen atoms in total.